The summed E-state index contributed by atoms with van der Waals surface area (Å²) in [6, 6.07) is 14.9. The van der Waals surface area contributed by atoms with Gasteiger partial charge >= 0.3 is 11.9 Å². The van der Waals surface area contributed by atoms with Crippen molar-refractivity contribution in [2.24, 2.45) is 0 Å². The minimum absolute atomic E-state index is 0.161. The zero-order chi connectivity index (χ0) is 28.9. The molecule has 1 atom stereocenters. The van der Waals surface area contributed by atoms with Crippen molar-refractivity contribution < 1.29 is 23.8 Å². The van der Waals surface area contributed by atoms with Crippen LogP contribution in [0.25, 0.3) is 10.8 Å². The Balaban J connectivity index is 1.16. The molecule has 1 saturated heterocycles. The SMILES string of the molecule is C/C=C\CCCC(=O)OCCCOC(=O)COc1cc(CN2CC[C@@H](Nc3cccc4cnccc34)C2)ccc1C. The molecular weight excluding hydrogens is 518 g/mol. The predicted molar refractivity (Wildman–Crippen MR) is 161 cm³/mol. The van der Waals surface area contributed by atoms with Crippen LogP contribution in [0.4, 0.5) is 5.69 Å². The van der Waals surface area contributed by atoms with Crippen molar-refractivity contribution in [3.63, 3.8) is 0 Å². The molecule has 1 aromatic heterocycles. The molecule has 0 bridgehead atoms. The number of benzene rings is 2. The van der Waals surface area contributed by atoms with Crippen molar-refractivity contribution in [2.75, 3.05) is 38.2 Å². The highest BCUT2D eigenvalue weighted by molar-refractivity contribution is 5.93. The van der Waals surface area contributed by atoms with E-state index >= 15 is 0 Å². The maximum atomic E-state index is 12.2. The van der Waals surface area contributed by atoms with E-state index in [1.807, 2.05) is 50.5 Å². The molecule has 1 aliphatic heterocycles. The van der Waals surface area contributed by atoms with E-state index in [2.05, 4.69) is 45.5 Å². The van der Waals surface area contributed by atoms with Crippen LogP contribution in [-0.2, 0) is 25.6 Å². The fourth-order valence-corrected chi connectivity index (χ4v) is 4.93. The number of unbranched alkanes of at least 4 members (excludes halogenated alkanes) is 1. The number of aryl methyl sites for hydroxylation is 1. The van der Waals surface area contributed by atoms with Gasteiger partial charge in [-0.25, -0.2) is 4.79 Å². The number of likely N-dealkylation sites (tertiary alicyclic amines) is 1. The Morgan fingerprint density at radius 2 is 1.95 bits per heavy atom. The average molecular weight is 560 g/mol. The Hall–Kier alpha value is -3.91. The Bertz CT molecular complexity index is 1320. The lowest BCUT2D eigenvalue weighted by molar-refractivity contribution is -0.147. The summed E-state index contributed by atoms with van der Waals surface area (Å²) < 4.78 is 16.2. The van der Waals surface area contributed by atoms with Gasteiger partial charge in [0.15, 0.2) is 6.61 Å². The Labute approximate surface area is 242 Å². The van der Waals surface area contributed by atoms with E-state index in [1.165, 1.54) is 5.39 Å². The van der Waals surface area contributed by atoms with Crippen LogP contribution < -0.4 is 10.1 Å². The zero-order valence-corrected chi connectivity index (χ0v) is 24.1. The third-order valence-corrected chi connectivity index (χ3v) is 7.12. The first-order valence-electron chi connectivity index (χ1n) is 14.5. The molecule has 0 spiro atoms. The summed E-state index contributed by atoms with van der Waals surface area (Å²) in [6.45, 7) is 6.95. The molecule has 0 amide bonds. The van der Waals surface area contributed by atoms with Gasteiger partial charge in [-0.2, -0.15) is 0 Å². The van der Waals surface area contributed by atoms with E-state index in [-0.39, 0.29) is 25.8 Å². The molecule has 1 N–H and O–H groups in total. The number of pyridine rings is 1. The van der Waals surface area contributed by atoms with Crippen LogP contribution in [0.2, 0.25) is 0 Å². The second-order valence-corrected chi connectivity index (χ2v) is 10.4. The zero-order valence-electron chi connectivity index (χ0n) is 24.1. The normalized spacial score (nSPS) is 15.3. The van der Waals surface area contributed by atoms with Crippen molar-refractivity contribution in [3.05, 3.63) is 78.1 Å². The van der Waals surface area contributed by atoms with Gasteiger partial charge in [-0.05, 0) is 62.4 Å². The second-order valence-electron chi connectivity index (χ2n) is 10.4. The van der Waals surface area contributed by atoms with Crippen LogP contribution in [-0.4, -0.2) is 60.8 Å². The third kappa shape index (κ3) is 9.60. The number of ether oxygens (including phenoxy) is 3. The molecule has 4 rings (SSSR count). The van der Waals surface area contributed by atoms with E-state index in [0.29, 0.717) is 24.6 Å². The van der Waals surface area contributed by atoms with Gasteiger partial charge in [-0.1, -0.05) is 36.4 Å². The predicted octanol–water partition coefficient (Wildman–Crippen LogP) is 5.83. The van der Waals surface area contributed by atoms with E-state index < -0.39 is 5.97 Å². The minimum Gasteiger partial charge on any atom is -0.482 e. The van der Waals surface area contributed by atoms with Crippen LogP contribution in [0.1, 0.15) is 50.2 Å². The molecule has 0 unspecified atom stereocenters. The Morgan fingerprint density at radius 1 is 1.10 bits per heavy atom. The fourth-order valence-electron chi connectivity index (χ4n) is 4.93. The van der Waals surface area contributed by atoms with E-state index in [9.17, 15) is 9.59 Å². The van der Waals surface area contributed by atoms with Gasteiger partial charge in [0.25, 0.3) is 0 Å². The highest BCUT2D eigenvalue weighted by Crippen LogP contribution is 2.26. The van der Waals surface area contributed by atoms with Crippen LogP contribution in [0, 0.1) is 6.92 Å². The van der Waals surface area contributed by atoms with Crippen LogP contribution >= 0.6 is 0 Å². The van der Waals surface area contributed by atoms with Crippen molar-refractivity contribution in [1.29, 1.82) is 0 Å². The number of hydrogen-bond acceptors (Lipinski definition) is 8. The van der Waals surface area contributed by atoms with Gasteiger partial charge in [0.2, 0.25) is 0 Å². The topological polar surface area (TPSA) is 90.0 Å². The lowest BCUT2D eigenvalue weighted by atomic mass is 10.1. The molecule has 1 aliphatic rings. The van der Waals surface area contributed by atoms with Gasteiger partial charge in [0.1, 0.15) is 5.75 Å². The number of hydrogen-bond donors (Lipinski definition) is 1. The van der Waals surface area contributed by atoms with Crippen molar-refractivity contribution in [1.82, 2.24) is 9.88 Å². The number of allylic oxidation sites excluding steroid dienone is 2. The van der Waals surface area contributed by atoms with Gasteiger partial charge in [-0.15, -0.1) is 0 Å². The summed E-state index contributed by atoms with van der Waals surface area (Å²) in [5.74, 6) is 0.0255. The Morgan fingerprint density at radius 3 is 2.80 bits per heavy atom. The summed E-state index contributed by atoms with van der Waals surface area (Å²) in [6.07, 6.45) is 11.3. The average Bonchev–Trinajstić information content (AvgIpc) is 3.42. The molecule has 3 aromatic rings. The molecule has 0 saturated carbocycles. The number of nitrogens with one attached hydrogen (secondary N) is 1. The summed E-state index contributed by atoms with van der Waals surface area (Å²) in [4.78, 5) is 30.5. The number of aromatic nitrogens is 1. The molecule has 8 nitrogen and oxygen atoms in total. The molecule has 1 fully saturated rings. The minimum atomic E-state index is -0.440. The lowest BCUT2D eigenvalue weighted by Crippen LogP contribution is -2.26. The highest BCUT2D eigenvalue weighted by atomic mass is 16.6. The molecule has 8 heteroatoms. The maximum Gasteiger partial charge on any atom is 0.344 e. The number of rotatable bonds is 15. The standard InChI is InChI=1S/C33H41N3O5/c1-3-4-5-6-11-32(37)39-18-8-19-40-33(38)24-41-31-20-26(13-12-25(31)2)22-36-17-15-28(23-36)35-30-10-7-9-27-21-34-16-14-29(27)30/h3-4,7,9-10,12-14,16,20-21,28,35H,5-6,8,11,15,17-19,22-24H2,1-2H3/b4-3-/t28-/m1/s1. The number of fused-ring (bicyclic) bond motifs is 1. The quantitative estimate of drug-likeness (QED) is 0.141. The number of esters is 2. The van der Waals surface area contributed by atoms with Gasteiger partial charge in [0, 0.05) is 67.4 Å². The summed E-state index contributed by atoms with van der Waals surface area (Å²) in [7, 11) is 0. The first-order chi connectivity index (χ1) is 20.0. The first-order valence-corrected chi connectivity index (χ1v) is 14.5. The third-order valence-electron chi connectivity index (χ3n) is 7.12. The number of anilines is 1. The van der Waals surface area contributed by atoms with E-state index in [1.54, 1.807) is 0 Å². The molecular formula is C33H41N3O5. The highest BCUT2D eigenvalue weighted by Gasteiger charge is 2.23. The van der Waals surface area contributed by atoms with E-state index in [4.69, 9.17) is 14.2 Å². The van der Waals surface area contributed by atoms with Crippen LogP contribution in [0.15, 0.2) is 67.0 Å². The molecule has 41 heavy (non-hydrogen) atoms. The molecule has 0 radical (unpaired) electrons. The van der Waals surface area contributed by atoms with Crippen molar-refractivity contribution >= 4 is 28.4 Å². The maximum absolute atomic E-state index is 12.2. The molecule has 2 heterocycles. The van der Waals surface area contributed by atoms with Crippen molar-refractivity contribution in [2.45, 2.75) is 58.5 Å². The molecule has 218 valence electrons. The summed E-state index contributed by atoms with van der Waals surface area (Å²) in [5.41, 5.74) is 3.25. The molecule has 0 aliphatic carbocycles. The van der Waals surface area contributed by atoms with E-state index in [0.717, 1.165) is 61.1 Å². The van der Waals surface area contributed by atoms with Crippen LogP contribution in [0.5, 0.6) is 5.75 Å². The Kier molecular flexibility index (Phi) is 11.6. The summed E-state index contributed by atoms with van der Waals surface area (Å²) in [5, 5.41) is 6.05. The summed E-state index contributed by atoms with van der Waals surface area (Å²) >= 11 is 0. The van der Waals surface area contributed by atoms with Gasteiger partial charge < -0.3 is 19.5 Å². The number of carbonyl (C=O) groups is 2. The second kappa shape index (κ2) is 15.8. The van der Waals surface area contributed by atoms with Crippen molar-refractivity contribution in [3.8, 4) is 5.75 Å². The molecule has 2 aromatic carbocycles. The fraction of sp³-hybridized carbons (Fsp3) is 0.424. The monoisotopic (exact) mass is 559 g/mol. The van der Waals surface area contributed by atoms with Gasteiger partial charge in [0.05, 0.1) is 13.2 Å². The number of nitrogens with zero attached hydrogens (tertiary/aromatic N) is 2. The van der Waals surface area contributed by atoms with Crippen LogP contribution in [0.3, 0.4) is 0 Å². The number of carbonyl (C=O) groups excluding carboxylic acids is 2. The first kappa shape index (κ1) is 30.1. The van der Waals surface area contributed by atoms with Gasteiger partial charge in [-0.3, -0.25) is 14.7 Å². The smallest absolute Gasteiger partial charge is 0.344 e. The largest absolute Gasteiger partial charge is 0.482 e. The lowest BCUT2D eigenvalue weighted by Gasteiger charge is -2.19.